The van der Waals surface area contributed by atoms with Gasteiger partial charge in [-0.15, -0.1) is 0 Å². The Balaban J connectivity index is 1.66. The highest BCUT2D eigenvalue weighted by atomic mass is 16.5. The van der Waals surface area contributed by atoms with Crippen LogP contribution in [0.4, 0.5) is 17.3 Å². The van der Waals surface area contributed by atoms with Crippen LogP contribution in [-0.4, -0.2) is 16.0 Å². The normalized spacial score (nSPS) is 10.3. The average molecular weight is 308 g/mol. The second kappa shape index (κ2) is 6.31. The average Bonchev–Trinajstić information content (AvgIpc) is 2.94. The fraction of sp³-hybridized carbons (Fsp3) is 0.118. The van der Waals surface area contributed by atoms with E-state index < -0.39 is 0 Å². The van der Waals surface area contributed by atoms with Crippen molar-refractivity contribution >= 4 is 23.2 Å². The van der Waals surface area contributed by atoms with E-state index >= 15 is 0 Å². The lowest BCUT2D eigenvalue weighted by atomic mass is 10.1. The molecule has 3 aromatic rings. The SMILES string of the molecule is Cc1cccc(C(=O)Nc2ccc(Nc3cc(C)on3)nc2)c1. The van der Waals surface area contributed by atoms with Gasteiger partial charge in [-0.05, 0) is 38.1 Å². The van der Waals surface area contributed by atoms with Gasteiger partial charge >= 0.3 is 0 Å². The zero-order chi connectivity index (χ0) is 16.2. The molecule has 2 heterocycles. The summed E-state index contributed by atoms with van der Waals surface area (Å²) in [5.74, 6) is 1.76. The fourth-order valence-corrected chi connectivity index (χ4v) is 2.09. The van der Waals surface area contributed by atoms with Gasteiger partial charge in [0.2, 0.25) is 0 Å². The molecule has 0 radical (unpaired) electrons. The molecule has 0 aliphatic heterocycles. The van der Waals surface area contributed by atoms with Crippen molar-refractivity contribution in [1.82, 2.24) is 10.1 Å². The molecular weight excluding hydrogens is 292 g/mol. The van der Waals surface area contributed by atoms with Crippen LogP contribution in [0.1, 0.15) is 21.7 Å². The summed E-state index contributed by atoms with van der Waals surface area (Å²) >= 11 is 0. The molecule has 23 heavy (non-hydrogen) atoms. The molecule has 6 nitrogen and oxygen atoms in total. The van der Waals surface area contributed by atoms with Gasteiger partial charge in [0.25, 0.3) is 5.91 Å². The summed E-state index contributed by atoms with van der Waals surface area (Å²) in [4.78, 5) is 16.4. The van der Waals surface area contributed by atoms with Crippen molar-refractivity contribution in [3.63, 3.8) is 0 Å². The Morgan fingerprint density at radius 2 is 1.96 bits per heavy atom. The molecule has 0 atom stereocenters. The summed E-state index contributed by atoms with van der Waals surface area (Å²) < 4.78 is 4.97. The Labute approximate surface area is 133 Å². The molecule has 1 amide bonds. The third kappa shape index (κ3) is 3.74. The molecule has 2 N–H and O–H groups in total. The van der Waals surface area contributed by atoms with E-state index in [1.165, 1.54) is 0 Å². The van der Waals surface area contributed by atoms with E-state index in [2.05, 4.69) is 20.8 Å². The predicted octanol–water partition coefficient (Wildman–Crippen LogP) is 3.68. The molecule has 0 unspecified atom stereocenters. The highest BCUT2D eigenvalue weighted by molar-refractivity contribution is 6.04. The van der Waals surface area contributed by atoms with Crippen molar-refractivity contribution in [2.24, 2.45) is 0 Å². The Morgan fingerprint density at radius 3 is 2.61 bits per heavy atom. The van der Waals surface area contributed by atoms with Crippen LogP contribution in [0, 0.1) is 13.8 Å². The fourth-order valence-electron chi connectivity index (χ4n) is 2.09. The lowest BCUT2D eigenvalue weighted by Gasteiger charge is -2.07. The number of pyridine rings is 1. The number of hydrogen-bond acceptors (Lipinski definition) is 5. The first kappa shape index (κ1) is 14.8. The van der Waals surface area contributed by atoms with Gasteiger partial charge in [0.1, 0.15) is 11.6 Å². The minimum absolute atomic E-state index is 0.164. The first-order valence-electron chi connectivity index (χ1n) is 7.14. The van der Waals surface area contributed by atoms with Gasteiger partial charge in [0.15, 0.2) is 5.82 Å². The monoisotopic (exact) mass is 308 g/mol. The Hall–Kier alpha value is -3.15. The van der Waals surface area contributed by atoms with E-state index in [1.807, 2.05) is 32.0 Å². The number of carbonyl (C=O) groups excluding carboxylic acids is 1. The minimum Gasteiger partial charge on any atom is -0.360 e. The Bertz CT molecular complexity index is 825. The minimum atomic E-state index is -0.164. The maximum absolute atomic E-state index is 12.2. The second-order valence-electron chi connectivity index (χ2n) is 5.20. The third-order valence-electron chi connectivity index (χ3n) is 3.19. The third-order valence-corrected chi connectivity index (χ3v) is 3.19. The summed E-state index contributed by atoms with van der Waals surface area (Å²) in [6.45, 7) is 3.76. The molecule has 0 aliphatic carbocycles. The number of hydrogen-bond donors (Lipinski definition) is 2. The van der Waals surface area contributed by atoms with Crippen LogP contribution in [0.25, 0.3) is 0 Å². The van der Waals surface area contributed by atoms with Crippen LogP contribution in [0.5, 0.6) is 0 Å². The van der Waals surface area contributed by atoms with Crippen LogP contribution in [0.2, 0.25) is 0 Å². The van der Waals surface area contributed by atoms with E-state index in [1.54, 1.807) is 30.5 Å². The van der Waals surface area contributed by atoms with Crippen LogP contribution < -0.4 is 10.6 Å². The molecule has 1 aromatic carbocycles. The topological polar surface area (TPSA) is 80.0 Å². The van der Waals surface area contributed by atoms with Gasteiger partial charge in [-0.25, -0.2) is 4.98 Å². The number of aromatic nitrogens is 2. The molecule has 0 saturated heterocycles. The molecule has 3 rings (SSSR count). The molecule has 6 heteroatoms. The van der Waals surface area contributed by atoms with E-state index in [0.717, 1.165) is 11.3 Å². The van der Waals surface area contributed by atoms with Gasteiger partial charge in [-0.3, -0.25) is 4.79 Å². The van der Waals surface area contributed by atoms with Crippen molar-refractivity contribution in [3.05, 3.63) is 65.5 Å². The molecule has 0 fully saturated rings. The van der Waals surface area contributed by atoms with Crippen molar-refractivity contribution in [3.8, 4) is 0 Å². The number of rotatable bonds is 4. The highest BCUT2D eigenvalue weighted by Crippen LogP contribution is 2.16. The predicted molar refractivity (Wildman–Crippen MR) is 87.9 cm³/mol. The first-order chi connectivity index (χ1) is 11.1. The smallest absolute Gasteiger partial charge is 0.255 e. The van der Waals surface area contributed by atoms with Gasteiger partial charge in [0.05, 0.1) is 11.9 Å². The van der Waals surface area contributed by atoms with Crippen LogP contribution in [0.3, 0.4) is 0 Å². The molecule has 2 aromatic heterocycles. The van der Waals surface area contributed by atoms with E-state index in [9.17, 15) is 4.79 Å². The van der Waals surface area contributed by atoms with Crippen LogP contribution in [0.15, 0.2) is 53.2 Å². The maximum Gasteiger partial charge on any atom is 0.255 e. The zero-order valence-corrected chi connectivity index (χ0v) is 12.8. The van der Waals surface area contributed by atoms with E-state index in [0.29, 0.717) is 22.9 Å². The van der Waals surface area contributed by atoms with E-state index in [-0.39, 0.29) is 5.91 Å². The molecule has 116 valence electrons. The van der Waals surface area contributed by atoms with Crippen molar-refractivity contribution < 1.29 is 9.32 Å². The lowest BCUT2D eigenvalue weighted by molar-refractivity contribution is 0.102. The van der Waals surface area contributed by atoms with Gasteiger partial charge < -0.3 is 15.2 Å². The number of carbonyl (C=O) groups is 1. The summed E-state index contributed by atoms with van der Waals surface area (Å²) in [5.41, 5.74) is 2.28. The van der Waals surface area contributed by atoms with Gasteiger partial charge in [0, 0.05) is 11.6 Å². The van der Waals surface area contributed by atoms with Gasteiger partial charge in [-0.2, -0.15) is 0 Å². The number of nitrogens with one attached hydrogen (secondary N) is 2. The summed E-state index contributed by atoms with van der Waals surface area (Å²) in [7, 11) is 0. The number of aryl methyl sites for hydroxylation is 2. The van der Waals surface area contributed by atoms with Crippen molar-refractivity contribution in [2.75, 3.05) is 10.6 Å². The van der Waals surface area contributed by atoms with E-state index in [4.69, 9.17) is 4.52 Å². The Morgan fingerprint density at radius 1 is 1.09 bits per heavy atom. The number of anilines is 3. The molecule has 0 saturated carbocycles. The Kier molecular flexibility index (Phi) is 4.05. The number of amides is 1. The molecular formula is C17H16N4O2. The molecule has 0 spiro atoms. The number of nitrogens with zero attached hydrogens (tertiary/aromatic N) is 2. The van der Waals surface area contributed by atoms with Crippen LogP contribution >= 0.6 is 0 Å². The quantitative estimate of drug-likeness (QED) is 0.768. The molecule has 0 aliphatic rings. The summed E-state index contributed by atoms with van der Waals surface area (Å²) in [5, 5.41) is 9.67. The number of benzene rings is 1. The molecule has 0 bridgehead atoms. The lowest BCUT2D eigenvalue weighted by Crippen LogP contribution is -2.12. The van der Waals surface area contributed by atoms with Crippen LogP contribution in [-0.2, 0) is 0 Å². The highest BCUT2D eigenvalue weighted by Gasteiger charge is 2.07. The van der Waals surface area contributed by atoms with Crippen molar-refractivity contribution in [2.45, 2.75) is 13.8 Å². The maximum atomic E-state index is 12.2. The largest absolute Gasteiger partial charge is 0.360 e. The summed E-state index contributed by atoms with van der Waals surface area (Å²) in [6, 6.07) is 12.7. The summed E-state index contributed by atoms with van der Waals surface area (Å²) in [6.07, 6.45) is 1.59. The first-order valence-corrected chi connectivity index (χ1v) is 7.14. The zero-order valence-electron chi connectivity index (χ0n) is 12.8. The second-order valence-corrected chi connectivity index (χ2v) is 5.20. The van der Waals surface area contributed by atoms with Gasteiger partial charge in [-0.1, -0.05) is 22.9 Å². The standard InChI is InChI=1S/C17H16N4O2/c1-11-4-3-5-13(8-11)17(22)19-14-6-7-15(18-10-14)20-16-9-12(2)23-21-16/h3-10H,1-2H3,(H,19,22)(H,18,20,21). The van der Waals surface area contributed by atoms with Crippen molar-refractivity contribution in [1.29, 1.82) is 0 Å².